The summed E-state index contributed by atoms with van der Waals surface area (Å²) in [6, 6.07) is 0. The molecule has 1 spiro atoms. The molecule has 0 aromatic heterocycles. The number of rotatable bonds is 0. The maximum absolute atomic E-state index is 11.6. The second kappa shape index (κ2) is 2.13. The van der Waals surface area contributed by atoms with Gasteiger partial charge in [-0.15, -0.1) is 0 Å². The highest BCUT2D eigenvalue weighted by Crippen LogP contribution is 2.60. The van der Waals surface area contributed by atoms with Crippen molar-refractivity contribution in [1.29, 1.82) is 0 Å². The van der Waals surface area contributed by atoms with E-state index in [0.717, 1.165) is 18.6 Å². The smallest absolute Gasteiger partial charge is 0.346 e. The zero-order valence-corrected chi connectivity index (χ0v) is 8.54. The van der Waals surface area contributed by atoms with E-state index in [-0.39, 0.29) is 17.5 Å². The van der Waals surface area contributed by atoms with Gasteiger partial charge >= 0.3 is 5.97 Å². The lowest BCUT2D eigenvalue weighted by Crippen LogP contribution is -2.35. The molecule has 4 heteroatoms. The van der Waals surface area contributed by atoms with Gasteiger partial charge in [0.1, 0.15) is 12.7 Å². The highest BCUT2D eigenvalue weighted by atomic mass is 16.7. The lowest BCUT2D eigenvalue weighted by Gasteiger charge is -2.28. The SMILES string of the molecule is C[C@]12COCC1=C1COC(=O)[C@]13O[C@@H]3C2. The van der Waals surface area contributed by atoms with Crippen LogP contribution >= 0.6 is 0 Å². The van der Waals surface area contributed by atoms with Gasteiger partial charge in [-0.3, -0.25) is 0 Å². The summed E-state index contributed by atoms with van der Waals surface area (Å²) in [6.07, 6.45) is 0.930. The molecule has 0 aromatic carbocycles. The molecule has 0 amide bonds. The van der Waals surface area contributed by atoms with Gasteiger partial charge in [-0.25, -0.2) is 4.79 Å². The molecule has 1 aliphatic carbocycles. The summed E-state index contributed by atoms with van der Waals surface area (Å²) in [5.41, 5.74) is 1.71. The van der Waals surface area contributed by atoms with Gasteiger partial charge in [0.25, 0.3) is 0 Å². The van der Waals surface area contributed by atoms with Crippen LogP contribution in [0.3, 0.4) is 0 Å². The lowest BCUT2D eigenvalue weighted by atomic mass is 9.70. The fourth-order valence-corrected chi connectivity index (χ4v) is 3.29. The van der Waals surface area contributed by atoms with Crippen molar-refractivity contribution in [3.63, 3.8) is 0 Å². The molecule has 3 aliphatic heterocycles. The Bertz CT molecular complexity index is 413. The van der Waals surface area contributed by atoms with Crippen LogP contribution in [-0.2, 0) is 19.0 Å². The monoisotopic (exact) mass is 208 g/mol. The third kappa shape index (κ3) is 0.732. The van der Waals surface area contributed by atoms with Gasteiger partial charge in [-0.05, 0) is 12.0 Å². The molecule has 80 valence electrons. The zero-order chi connectivity index (χ0) is 10.3. The topological polar surface area (TPSA) is 48.1 Å². The molecule has 3 heterocycles. The molecule has 3 atom stereocenters. The maximum Gasteiger partial charge on any atom is 0.346 e. The van der Waals surface area contributed by atoms with Crippen LogP contribution in [-0.4, -0.2) is 37.5 Å². The minimum Gasteiger partial charge on any atom is -0.459 e. The van der Waals surface area contributed by atoms with Crippen LogP contribution in [0.1, 0.15) is 13.3 Å². The van der Waals surface area contributed by atoms with Crippen molar-refractivity contribution in [1.82, 2.24) is 0 Å². The number of esters is 1. The molecule has 3 saturated heterocycles. The molecule has 3 fully saturated rings. The van der Waals surface area contributed by atoms with Crippen molar-refractivity contribution >= 4 is 5.97 Å². The number of ether oxygens (including phenoxy) is 3. The van der Waals surface area contributed by atoms with E-state index in [0.29, 0.717) is 13.2 Å². The molecule has 4 rings (SSSR count). The van der Waals surface area contributed by atoms with E-state index in [1.165, 1.54) is 5.57 Å². The molecule has 4 aliphatic rings. The Kier molecular flexibility index (Phi) is 1.18. The number of epoxide rings is 1. The Hall–Kier alpha value is -0.870. The predicted molar refractivity (Wildman–Crippen MR) is 49.1 cm³/mol. The van der Waals surface area contributed by atoms with Crippen molar-refractivity contribution in [2.45, 2.75) is 25.0 Å². The minimum atomic E-state index is -0.678. The normalized spacial score (nSPS) is 51.0. The van der Waals surface area contributed by atoms with E-state index in [1.807, 2.05) is 0 Å². The van der Waals surface area contributed by atoms with Gasteiger partial charge in [-0.2, -0.15) is 0 Å². The summed E-state index contributed by atoms with van der Waals surface area (Å²) >= 11 is 0. The van der Waals surface area contributed by atoms with Crippen LogP contribution < -0.4 is 0 Å². The van der Waals surface area contributed by atoms with Crippen LogP contribution in [0.15, 0.2) is 11.1 Å². The third-order valence-corrected chi connectivity index (χ3v) is 4.22. The minimum absolute atomic E-state index is 0.0398. The third-order valence-electron chi connectivity index (χ3n) is 4.22. The zero-order valence-electron chi connectivity index (χ0n) is 8.54. The molecule has 0 N–H and O–H groups in total. The Morgan fingerprint density at radius 2 is 2.20 bits per heavy atom. The molecule has 15 heavy (non-hydrogen) atoms. The van der Waals surface area contributed by atoms with Crippen molar-refractivity contribution in [3.05, 3.63) is 11.1 Å². The Balaban J connectivity index is 1.94. The first kappa shape index (κ1) is 8.30. The van der Waals surface area contributed by atoms with E-state index < -0.39 is 5.60 Å². The van der Waals surface area contributed by atoms with E-state index in [9.17, 15) is 4.79 Å². The summed E-state index contributed by atoms with van der Waals surface area (Å²) in [7, 11) is 0. The quantitative estimate of drug-likeness (QED) is 0.329. The van der Waals surface area contributed by atoms with Crippen LogP contribution in [0.2, 0.25) is 0 Å². The van der Waals surface area contributed by atoms with Gasteiger partial charge in [0.05, 0.1) is 13.2 Å². The van der Waals surface area contributed by atoms with Crippen molar-refractivity contribution < 1.29 is 19.0 Å². The summed E-state index contributed by atoms with van der Waals surface area (Å²) < 4.78 is 16.3. The largest absolute Gasteiger partial charge is 0.459 e. The molecular formula is C11H12O4. The molecule has 0 saturated carbocycles. The first-order valence-corrected chi connectivity index (χ1v) is 5.33. The number of carbonyl (C=O) groups excluding carboxylic acids is 1. The number of cyclic esters (lactones) is 1. The van der Waals surface area contributed by atoms with Crippen LogP contribution in [0.5, 0.6) is 0 Å². The lowest BCUT2D eigenvalue weighted by molar-refractivity contribution is -0.142. The molecule has 0 radical (unpaired) electrons. The van der Waals surface area contributed by atoms with Gasteiger partial charge < -0.3 is 14.2 Å². The van der Waals surface area contributed by atoms with Gasteiger partial charge in [0.2, 0.25) is 5.60 Å². The molecule has 4 nitrogen and oxygen atoms in total. The average molecular weight is 208 g/mol. The fourth-order valence-electron chi connectivity index (χ4n) is 3.29. The number of fused-ring (bicyclic) bond motifs is 1. The van der Waals surface area contributed by atoms with Crippen molar-refractivity contribution in [2.24, 2.45) is 5.41 Å². The second-order valence-electron chi connectivity index (χ2n) is 5.13. The van der Waals surface area contributed by atoms with Crippen molar-refractivity contribution in [3.8, 4) is 0 Å². The van der Waals surface area contributed by atoms with Crippen LogP contribution in [0, 0.1) is 5.41 Å². The number of carbonyl (C=O) groups is 1. The Labute approximate surface area is 87.2 Å². The van der Waals surface area contributed by atoms with Gasteiger partial charge in [-0.1, -0.05) is 6.92 Å². The number of hydrogen-bond acceptors (Lipinski definition) is 4. The predicted octanol–water partition coefficient (Wildman–Crippen LogP) is 0.418. The second-order valence-corrected chi connectivity index (χ2v) is 5.13. The number of hydrogen-bond donors (Lipinski definition) is 0. The fraction of sp³-hybridized carbons (Fsp3) is 0.727. The summed E-state index contributed by atoms with van der Waals surface area (Å²) in [4.78, 5) is 11.6. The first-order valence-electron chi connectivity index (χ1n) is 5.33. The van der Waals surface area contributed by atoms with Gasteiger partial charge in [0.15, 0.2) is 0 Å². The standard InChI is InChI=1S/C11H12O4/c1-10-2-8-11(15-8)7(4-14-9(11)12)6(10)3-13-5-10/h8H,2-5H2,1H3/t8-,10+,11+/m1/s1. The maximum atomic E-state index is 11.6. The summed E-state index contributed by atoms with van der Waals surface area (Å²) in [6.45, 7) is 3.98. The van der Waals surface area contributed by atoms with E-state index in [4.69, 9.17) is 14.2 Å². The molecular weight excluding hydrogens is 196 g/mol. The van der Waals surface area contributed by atoms with E-state index >= 15 is 0 Å². The van der Waals surface area contributed by atoms with Crippen LogP contribution in [0.4, 0.5) is 0 Å². The average Bonchev–Trinajstić information content (AvgIpc) is 2.63. The summed E-state index contributed by atoms with van der Waals surface area (Å²) in [5, 5.41) is 0. The van der Waals surface area contributed by atoms with Gasteiger partial charge in [0, 0.05) is 11.0 Å². The van der Waals surface area contributed by atoms with E-state index in [1.54, 1.807) is 0 Å². The Morgan fingerprint density at radius 1 is 1.33 bits per heavy atom. The van der Waals surface area contributed by atoms with Crippen LogP contribution in [0.25, 0.3) is 0 Å². The highest BCUT2D eigenvalue weighted by Gasteiger charge is 2.74. The first-order chi connectivity index (χ1) is 7.17. The van der Waals surface area contributed by atoms with Crippen molar-refractivity contribution in [2.75, 3.05) is 19.8 Å². The molecule has 0 bridgehead atoms. The molecule has 0 aromatic rings. The highest BCUT2D eigenvalue weighted by molar-refractivity contribution is 5.91. The van der Waals surface area contributed by atoms with E-state index in [2.05, 4.69) is 6.92 Å². The molecule has 0 unspecified atom stereocenters. The summed E-state index contributed by atoms with van der Waals surface area (Å²) in [5.74, 6) is -0.191. The Morgan fingerprint density at radius 3 is 3.07 bits per heavy atom.